The van der Waals surface area contributed by atoms with Crippen LogP contribution in [0.3, 0.4) is 0 Å². The molecule has 1 N–H and O–H groups in total. The van der Waals surface area contributed by atoms with E-state index in [4.69, 9.17) is 23.2 Å². The van der Waals surface area contributed by atoms with Crippen LogP contribution in [0.1, 0.15) is 15.4 Å². The highest BCUT2D eigenvalue weighted by molar-refractivity contribution is 7.11. The number of halogens is 2. The first-order valence-corrected chi connectivity index (χ1v) is 6.28. The van der Waals surface area contributed by atoms with Crippen molar-refractivity contribution >= 4 is 40.4 Å². The summed E-state index contributed by atoms with van der Waals surface area (Å²) in [5.74, 6) is -0.217. The first kappa shape index (κ1) is 12.3. The van der Waals surface area contributed by atoms with E-state index in [1.54, 1.807) is 23.8 Å². The van der Waals surface area contributed by atoms with Gasteiger partial charge in [0, 0.05) is 24.3 Å². The molecule has 0 aliphatic heterocycles. The van der Waals surface area contributed by atoms with Crippen LogP contribution in [0.5, 0.6) is 0 Å². The molecule has 17 heavy (non-hydrogen) atoms. The normalized spacial score (nSPS) is 10.2. The molecule has 0 bridgehead atoms. The van der Waals surface area contributed by atoms with Crippen molar-refractivity contribution in [3.05, 3.63) is 44.6 Å². The van der Waals surface area contributed by atoms with E-state index in [1.165, 1.54) is 11.3 Å². The van der Waals surface area contributed by atoms with Crippen LogP contribution in [0.2, 0.25) is 10.2 Å². The van der Waals surface area contributed by atoms with E-state index in [0.29, 0.717) is 16.6 Å². The van der Waals surface area contributed by atoms with Gasteiger partial charge in [0.25, 0.3) is 5.91 Å². The first-order valence-electron chi connectivity index (χ1n) is 4.64. The summed E-state index contributed by atoms with van der Waals surface area (Å²) in [6, 6.07) is 1.67. The molecule has 2 aromatic heterocycles. The highest BCUT2D eigenvalue weighted by atomic mass is 35.5. The van der Waals surface area contributed by atoms with Gasteiger partial charge in [0.2, 0.25) is 0 Å². The lowest BCUT2D eigenvalue weighted by atomic mass is 10.3. The Morgan fingerprint density at radius 2 is 2.24 bits per heavy atom. The Morgan fingerprint density at radius 3 is 2.88 bits per heavy atom. The molecule has 0 unspecified atom stereocenters. The SMILES string of the molecule is O=C(NCc1cnc(Cl)c(Cl)c1)c1nccs1. The third kappa shape index (κ3) is 3.15. The summed E-state index contributed by atoms with van der Waals surface area (Å²) in [5.41, 5.74) is 0.782. The second-order valence-electron chi connectivity index (χ2n) is 3.14. The van der Waals surface area contributed by atoms with Gasteiger partial charge in [-0.1, -0.05) is 23.2 Å². The van der Waals surface area contributed by atoms with Crippen LogP contribution >= 0.6 is 34.5 Å². The van der Waals surface area contributed by atoms with Crippen LogP contribution in [0, 0.1) is 0 Å². The van der Waals surface area contributed by atoms with Gasteiger partial charge in [-0.05, 0) is 11.6 Å². The van der Waals surface area contributed by atoms with Crippen LogP contribution in [0.15, 0.2) is 23.8 Å². The van der Waals surface area contributed by atoms with Gasteiger partial charge in [-0.25, -0.2) is 9.97 Å². The lowest BCUT2D eigenvalue weighted by molar-refractivity contribution is 0.0950. The minimum atomic E-state index is -0.217. The number of thiazole rings is 1. The molecule has 7 heteroatoms. The number of nitrogens with one attached hydrogen (secondary N) is 1. The van der Waals surface area contributed by atoms with Gasteiger partial charge in [-0.2, -0.15) is 0 Å². The molecule has 1 amide bonds. The Bertz CT molecular complexity index is 530. The maximum absolute atomic E-state index is 11.6. The van der Waals surface area contributed by atoms with Gasteiger partial charge < -0.3 is 5.32 Å². The lowest BCUT2D eigenvalue weighted by Gasteiger charge is -2.03. The number of hydrogen-bond donors (Lipinski definition) is 1. The average molecular weight is 288 g/mol. The maximum atomic E-state index is 11.6. The number of carbonyl (C=O) groups is 1. The van der Waals surface area contributed by atoms with Crippen molar-refractivity contribution in [2.45, 2.75) is 6.54 Å². The lowest BCUT2D eigenvalue weighted by Crippen LogP contribution is -2.22. The number of carbonyl (C=O) groups excluding carboxylic acids is 1. The van der Waals surface area contributed by atoms with E-state index in [-0.39, 0.29) is 11.1 Å². The quantitative estimate of drug-likeness (QED) is 0.884. The number of pyridine rings is 1. The van der Waals surface area contributed by atoms with E-state index >= 15 is 0 Å². The van der Waals surface area contributed by atoms with Gasteiger partial charge in [-0.3, -0.25) is 4.79 Å². The van der Waals surface area contributed by atoms with Gasteiger partial charge in [0.15, 0.2) is 5.01 Å². The molecule has 0 spiro atoms. The molecule has 0 saturated heterocycles. The number of aromatic nitrogens is 2. The molecule has 0 saturated carbocycles. The van der Waals surface area contributed by atoms with Crippen LogP contribution in [0.25, 0.3) is 0 Å². The largest absolute Gasteiger partial charge is 0.346 e. The molecule has 2 heterocycles. The molecular formula is C10H7Cl2N3OS. The molecule has 0 aliphatic rings. The van der Waals surface area contributed by atoms with E-state index < -0.39 is 0 Å². The summed E-state index contributed by atoms with van der Waals surface area (Å²) in [5, 5.41) is 5.51. The molecule has 0 atom stereocenters. The summed E-state index contributed by atoms with van der Waals surface area (Å²) < 4.78 is 0. The van der Waals surface area contributed by atoms with Crippen LogP contribution in [-0.4, -0.2) is 15.9 Å². The van der Waals surface area contributed by atoms with Crippen molar-refractivity contribution < 1.29 is 4.79 Å². The predicted octanol–water partition coefficient (Wildman–Crippen LogP) is 2.77. The summed E-state index contributed by atoms with van der Waals surface area (Å²) in [6.45, 7) is 0.336. The molecule has 2 rings (SSSR count). The fourth-order valence-electron chi connectivity index (χ4n) is 1.15. The third-order valence-electron chi connectivity index (χ3n) is 1.93. The topological polar surface area (TPSA) is 54.9 Å². The second kappa shape index (κ2) is 5.44. The zero-order valence-corrected chi connectivity index (χ0v) is 10.8. The monoisotopic (exact) mass is 287 g/mol. The molecule has 88 valence electrons. The van der Waals surface area contributed by atoms with Crippen LogP contribution in [-0.2, 0) is 6.54 Å². The Morgan fingerprint density at radius 1 is 1.41 bits per heavy atom. The molecule has 0 aliphatic carbocycles. The fourth-order valence-corrected chi connectivity index (χ4v) is 1.99. The fraction of sp³-hybridized carbons (Fsp3) is 0.100. The van der Waals surface area contributed by atoms with Crippen molar-refractivity contribution in [3.63, 3.8) is 0 Å². The van der Waals surface area contributed by atoms with Gasteiger partial charge in [0.05, 0.1) is 5.02 Å². The molecule has 0 fully saturated rings. The van der Waals surface area contributed by atoms with E-state index in [1.807, 2.05) is 0 Å². The van der Waals surface area contributed by atoms with Crippen LogP contribution in [0.4, 0.5) is 0 Å². The van der Waals surface area contributed by atoms with Crippen molar-refractivity contribution in [2.24, 2.45) is 0 Å². The van der Waals surface area contributed by atoms with Gasteiger partial charge >= 0.3 is 0 Å². The predicted molar refractivity (Wildman–Crippen MR) is 67.5 cm³/mol. The minimum absolute atomic E-state index is 0.217. The number of amides is 1. The zero-order chi connectivity index (χ0) is 12.3. The van der Waals surface area contributed by atoms with E-state index in [9.17, 15) is 4.79 Å². The number of hydrogen-bond acceptors (Lipinski definition) is 4. The zero-order valence-electron chi connectivity index (χ0n) is 8.48. The Hall–Kier alpha value is -1.17. The minimum Gasteiger partial charge on any atom is -0.346 e. The second-order valence-corrected chi connectivity index (χ2v) is 4.80. The summed E-state index contributed by atoms with van der Waals surface area (Å²) in [7, 11) is 0. The molecule has 0 aromatic carbocycles. The van der Waals surface area contributed by atoms with Crippen molar-refractivity contribution in [2.75, 3.05) is 0 Å². The Labute approximate surface area is 112 Å². The van der Waals surface area contributed by atoms with Crippen molar-refractivity contribution in [1.29, 1.82) is 0 Å². The third-order valence-corrected chi connectivity index (χ3v) is 3.39. The average Bonchev–Trinajstić information content (AvgIpc) is 2.84. The standard InChI is InChI=1S/C10H7Cl2N3OS/c11-7-3-6(4-14-8(7)12)5-15-9(16)10-13-1-2-17-10/h1-4H,5H2,(H,15,16). The summed E-state index contributed by atoms with van der Waals surface area (Å²) in [4.78, 5) is 19.4. The van der Waals surface area contributed by atoms with E-state index in [0.717, 1.165) is 5.56 Å². The highest BCUT2D eigenvalue weighted by Gasteiger charge is 2.08. The molecule has 2 aromatic rings. The molecule has 4 nitrogen and oxygen atoms in total. The van der Waals surface area contributed by atoms with Crippen molar-refractivity contribution in [3.8, 4) is 0 Å². The summed E-state index contributed by atoms with van der Waals surface area (Å²) in [6.07, 6.45) is 3.15. The first-order chi connectivity index (χ1) is 8.16. The molecule has 0 radical (unpaired) electrons. The number of rotatable bonds is 3. The Balaban J connectivity index is 1.98. The summed E-state index contributed by atoms with van der Waals surface area (Å²) >= 11 is 12.8. The van der Waals surface area contributed by atoms with Gasteiger partial charge in [0.1, 0.15) is 5.15 Å². The maximum Gasteiger partial charge on any atom is 0.280 e. The van der Waals surface area contributed by atoms with Gasteiger partial charge in [-0.15, -0.1) is 11.3 Å². The van der Waals surface area contributed by atoms with E-state index in [2.05, 4.69) is 15.3 Å². The smallest absolute Gasteiger partial charge is 0.280 e. The van der Waals surface area contributed by atoms with Crippen LogP contribution < -0.4 is 5.32 Å². The highest BCUT2D eigenvalue weighted by Crippen LogP contribution is 2.19. The Kier molecular flexibility index (Phi) is 3.93. The molecular weight excluding hydrogens is 281 g/mol. The van der Waals surface area contributed by atoms with Crippen molar-refractivity contribution in [1.82, 2.24) is 15.3 Å². The number of nitrogens with zero attached hydrogens (tertiary/aromatic N) is 2.